The molecule has 6 heteroatoms. The molecule has 1 atom stereocenters. The molecule has 1 N–H and O–H groups in total. The van der Waals surface area contributed by atoms with Crippen molar-refractivity contribution in [2.24, 2.45) is 0 Å². The number of ether oxygens (including phenoxy) is 2. The van der Waals surface area contributed by atoms with Gasteiger partial charge in [0.1, 0.15) is 0 Å². The fourth-order valence-electron chi connectivity index (χ4n) is 2.38. The van der Waals surface area contributed by atoms with E-state index in [1.54, 1.807) is 0 Å². The summed E-state index contributed by atoms with van der Waals surface area (Å²) >= 11 is 0. The number of fused-ring (bicyclic) bond motifs is 1. The van der Waals surface area contributed by atoms with Gasteiger partial charge in [0.2, 0.25) is 6.79 Å². The van der Waals surface area contributed by atoms with Gasteiger partial charge in [-0.3, -0.25) is 4.68 Å². The highest BCUT2D eigenvalue weighted by atomic mass is 16.7. The molecule has 6 nitrogen and oxygen atoms in total. The first-order valence-corrected chi connectivity index (χ1v) is 7.45. The Kier molecular flexibility index (Phi) is 4.20. The zero-order valence-corrected chi connectivity index (χ0v) is 13.2. The molecule has 0 bridgehead atoms. The summed E-state index contributed by atoms with van der Waals surface area (Å²) in [7, 11) is 4.12. The predicted octanol–water partition coefficient (Wildman–Crippen LogP) is 2.35. The Hall–Kier alpha value is -2.21. The minimum atomic E-state index is 0.168. The lowest BCUT2D eigenvalue weighted by Gasteiger charge is -2.14. The molecular weight excluding hydrogens is 280 g/mol. The van der Waals surface area contributed by atoms with Gasteiger partial charge in [0.25, 0.3) is 0 Å². The molecule has 0 saturated carbocycles. The molecule has 1 aliphatic heterocycles. The van der Waals surface area contributed by atoms with Gasteiger partial charge in [0.15, 0.2) is 11.5 Å². The molecule has 0 amide bonds. The van der Waals surface area contributed by atoms with Crippen molar-refractivity contribution < 1.29 is 9.47 Å². The van der Waals surface area contributed by atoms with E-state index in [2.05, 4.69) is 42.4 Å². The van der Waals surface area contributed by atoms with E-state index in [9.17, 15) is 0 Å². The molecule has 3 rings (SSSR count). The Bertz CT molecular complexity index is 639. The van der Waals surface area contributed by atoms with E-state index >= 15 is 0 Å². The Morgan fingerprint density at radius 2 is 2.14 bits per heavy atom. The van der Waals surface area contributed by atoms with Crippen LogP contribution in [0.4, 0.5) is 5.69 Å². The number of aromatic nitrogens is 2. The molecule has 118 valence electrons. The average molecular weight is 302 g/mol. The Labute approximate surface area is 130 Å². The number of benzene rings is 1. The zero-order chi connectivity index (χ0) is 15.5. The molecule has 22 heavy (non-hydrogen) atoms. The maximum atomic E-state index is 5.43. The molecule has 2 aromatic rings. The zero-order valence-electron chi connectivity index (χ0n) is 13.2. The molecule has 0 spiro atoms. The van der Waals surface area contributed by atoms with Crippen molar-refractivity contribution in [1.29, 1.82) is 0 Å². The molecule has 0 aliphatic carbocycles. The minimum Gasteiger partial charge on any atom is -0.454 e. The van der Waals surface area contributed by atoms with E-state index in [1.807, 2.05) is 29.2 Å². The average Bonchev–Trinajstić information content (AvgIpc) is 3.12. The lowest BCUT2D eigenvalue weighted by molar-refractivity contribution is 0.174. The smallest absolute Gasteiger partial charge is 0.231 e. The van der Waals surface area contributed by atoms with Gasteiger partial charge in [0.05, 0.1) is 18.4 Å². The van der Waals surface area contributed by atoms with Gasteiger partial charge in [-0.05, 0) is 38.7 Å². The van der Waals surface area contributed by atoms with Crippen molar-refractivity contribution >= 4 is 5.69 Å². The van der Waals surface area contributed by atoms with Gasteiger partial charge in [-0.1, -0.05) is 6.07 Å². The van der Waals surface area contributed by atoms with E-state index in [-0.39, 0.29) is 6.04 Å². The molecule has 1 aliphatic rings. The Morgan fingerprint density at radius 1 is 1.32 bits per heavy atom. The summed E-state index contributed by atoms with van der Waals surface area (Å²) in [5.74, 6) is 1.63. The molecule has 0 saturated heterocycles. The third kappa shape index (κ3) is 3.33. The molecule has 0 radical (unpaired) electrons. The van der Waals surface area contributed by atoms with Crippen LogP contribution >= 0.6 is 0 Å². The summed E-state index contributed by atoms with van der Waals surface area (Å²) in [5, 5.41) is 7.84. The van der Waals surface area contributed by atoms with Crippen molar-refractivity contribution in [1.82, 2.24) is 14.7 Å². The minimum absolute atomic E-state index is 0.168. The number of anilines is 1. The second-order valence-electron chi connectivity index (χ2n) is 5.77. The number of nitrogens with one attached hydrogen (secondary N) is 1. The maximum absolute atomic E-state index is 5.43. The van der Waals surface area contributed by atoms with E-state index < -0.39 is 0 Å². The van der Waals surface area contributed by atoms with Crippen molar-refractivity contribution in [2.75, 3.05) is 32.7 Å². The Balaban J connectivity index is 1.63. The maximum Gasteiger partial charge on any atom is 0.231 e. The summed E-state index contributed by atoms with van der Waals surface area (Å²) < 4.78 is 12.7. The summed E-state index contributed by atoms with van der Waals surface area (Å²) in [4.78, 5) is 2.14. The van der Waals surface area contributed by atoms with Gasteiger partial charge in [-0.15, -0.1) is 0 Å². The Morgan fingerprint density at radius 3 is 2.95 bits per heavy atom. The van der Waals surface area contributed by atoms with Gasteiger partial charge in [-0.2, -0.15) is 5.10 Å². The first-order valence-electron chi connectivity index (χ1n) is 7.45. The summed E-state index contributed by atoms with van der Waals surface area (Å²) in [6.45, 7) is 4.28. The molecular formula is C16H22N4O2. The largest absolute Gasteiger partial charge is 0.454 e. The van der Waals surface area contributed by atoms with Crippen LogP contribution in [0.25, 0.3) is 0 Å². The van der Waals surface area contributed by atoms with Crippen LogP contribution in [0.15, 0.2) is 30.6 Å². The van der Waals surface area contributed by atoms with Crippen LogP contribution in [-0.4, -0.2) is 42.1 Å². The van der Waals surface area contributed by atoms with Gasteiger partial charge in [-0.25, -0.2) is 0 Å². The molecule has 0 fully saturated rings. The number of rotatable bonds is 6. The van der Waals surface area contributed by atoms with Crippen LogP contribution in [0.1, 0.15) is 18.5 Å². The summed E-state index contributed by atoms with van der Waals surface area (Å²) in [6.07, 6.45) is 3.89. The van der Waals surface area contributed by atoms with Crippen LogP contribution in [0, 0.1) is 0 Å². The highest BCUT2D eigenvalue weighted by Crippen LogP contribution is 2.34. The topological polar surface area (TPSA) is 51.6 Å². The van der Waals surface area contributed by atoms with E-state index in [0.717, 1.165) is 35.8 Å². The normalized spacial score (nSPS) is 14.4. The third-order valence-corrected chi connectivity index (χ3v) is 3.69. The van der Waals surface area contributed by atoms with Gasteiger partial charge >= 0.3 is 0 Å². The van der Waals surface area contributed by atoms with Crippen LogP contribution in [0.2, 0.25) is 0 Å². The summed E-state index contributed by atoms with van der Waals surface area (Å²) in [6, 6.07) is 6.20. The quantitative estimate of drug-likeness (QED) is 0.887. The van der Waals surface area contributed by atoms with E-state index in [4.69, 9.17) is 9.47 Å². The lowest BCUT2D eigenvalue weighted by atomic mass is 10.1. The molecule has 1 aromatic carbocycles. The number of nitrogens with zero attached hydrogens (tertiary/aromatic N) is 3. The van der Waals surface area contributed by atoms with Crippen LogP contribution in [0.5, 0.6) is 11.5 Å². The SMILES string of the molecule is CC(Nc1cnn(CCN(C)C)c1)c1ccc2c(c1)OCO2. The predicted molar refractivity (Wildman–Crippen MR) is 85.4 cm³/mol. The highest BCUT2D eigenvalue weighted by molar-refractivity contribution is 5.48. The monoisotopic (exact) mass is 302 g/mol. The van der Waals surface area contributed by atoms with E-state index in [0.29, 0.717) is 6.79 Å². The fourth-order valence-corrected chi connectivity index (χ4v) is 2.38. The highest BCUT2D eigenvalue weighted by Gasteiger charge is 2.16. The number of hydrogen-bond acceptors (Lipinski definition) is 5. The van der Waals surface area contributed by atoms with Gasteiger partial charge in [0, 0.05) is 18.8 Å². The van der Waals surface area contributed by atoms with E-state index in [1.165, 1.54) is 0 Å². The fraction of sp³-hybridized carbons (Fsp3) is 0.438. The number of hydrogen-bond donors (Lipinski definition) is 1. The first kappa shape index (κ1) is 14.7. The number of likely N-dealkylation sites (N-methyl/N-ethyl adjacent to an activating group) is 1. The van der Waals surface area contributed by atoms with Crippen molar-refractivity contribution in [2.45, 2.75) is 19.5 Å². The van der Waals surface area contributed by atoms with Crippen molar-refractivity contribution in [3.8, 4) is 11.5 Å². The molecule has 2 heterocycles. The van der Waals surface area contributed by atoms with Gasteiger partial charge < -0.3 is 19.7 Å². The standard InChI is InChI=1S/C16H22N4O2/c1-12(13-4-5-15-16(8-13)22-11-21-15)18-14-9-17-20(10-14)7-6-19(2)3/h4-5,8-10,12,18H,6-7,11H2,1-3H3. The second-order valence-corrected chi connectivity index (χ2v) is 5.77. The molecule has 1 aromatic heterocycles. The second kappa shape index (κ2) is 6.27. The lowest BCUT2D eigenvalue weighted by Crippen LogP contribution is -2.18. The van der Waals surface area contributed by atoms with Crippen molar-refractivity contribution in [3.63, 3.8) is 0 Å². The van der Waals surface area contributed by atoms with Crippen LogP contribution in [-0.2, 0) is 6.54 Å². The van der Waals surface area contributed by atoms with Crippen LogP contribution in [0.3, 0.4) is 0 Å². The van der Waals surface area contributed by atoms with Crippen molar-refractivity contribution in [3.05, 3.63) is 36.2 Å². The molecule has 1 unspecified atom stereocenters. The van der Waals surface area contributed by atoms with Crippen LogP contribution < -0.4 is 14.8 Å². The summed E-state index contributed by atoms with van der Waals surface area (Å²) in [5.41, 5.74) is 2.18. The third-order valence-electron chi connectivity index (χ3n) is 3.69. The first-order chi connectivity index (χ1) is 10.6.